The first kappa shape index (κ1) is 17.5. The second-order valence-electron chi connectivity index (χ2n) is 6.75. The van der Waals surface area contributed by atoms with Crippen LogP contribution in [0, 0.1) is 0 Å². The molecule has 0 aliphatic carbocycles. The minimum Gasteiger partial charge on any atom is -0.352 e. The van der Waals surface area contributed by atoms with E-state index in [-0.39, 0.29) is 30.3 Å². The zero-order valence-electron chi connectivity index (χ0n) is 14.7. The lowest BCUT2D eigenvalue weighted by Gasteiger charge is -2.42. The molecule has 0 aromatic heterocycles. The zero-order valence-corrected chi connectivity index (χ0v) is 14.7. The van der Waals surface area contributed by atoms with E-state index < -0.39 is 0 Å². The van der Waals surface area contributed by atoms with Gasteiger partial charge in [0.05, 0.1) is 0 Å². The van der Waals surface area contributed by atoms with Gasteiger partial charge in [-0.15, -0.1) is 0 Å². The monoisotopic (exact) mass is 343 g/mol. The molecular formula is C19H25N3O3. The first-order chi connectivity index (χ1) is 12.1. The number of carbonyl (C=O) groups excluding carboxylic acids is 3. The number of piperazine rings is 1. The number of hydrogen-bond acceptors (Lipinski definition) is 3. The van der Waals surface area contributed by atoms with Crippen LogP contribution in [0.1, 0.15) is 48.5 Å². The average Bonchev–Trinajstić information content (AvgIpc) is 2.64. The van der Waals surface area contributed by atoms with Crippen molar-refractivity contribution in [2.45, 2.75) is 45.2 Å². The van der Waals surface area contributed by atoms with Crippen molar-refractivity contribution in [3.8, 4) is 0 Å². The molecule has 0 spiro atoms. The molecule has 6 heteroatoms. The molecule has 3 rings (SSSR count). The lowest BCUT2D eigenvalue weighted by Crippen LogP contribution is -2.60. The van der Waals surface area contributed by atoms with Crippen LogP contribution in [0.5, 0.6) is 0 Å². The molecule has 0 saturated carbocycles. The molecule has 0 radical (unpaired) electrons. The van der Waals surface area contributed by atoms with Crippen molar-refractivity contribution in [2.75, 3.05) is 19.6 Å². The van der Waals surface area contributed by atoms with Crippen LogP contribution in [-0.4, -0.2) is 53.2 Å². The van der Waals surface area contributed by atoms with Gasteiger partial charge in [-0.2, -0.15) is 0 Å². The normalized spacial score (nSPS) is 20.4. The number of carbonyl (C=O) groups is 3. The fraction of sp³-hybridized carbons (Fsp3) is 0.526. The Kier molecular flexibility index (Phi) is 5.36. The molecule has 1 N–H and O–H groups in total. The molecule has 2 aliphatic heterocycles. The van der Waals surface area contributed by atoms with E-state index in [4.69, 9.17) is 0 Å². The maximum atomic E-state index is 12.7. The largest absolute Gasteiger partial charge is 0.352 e. The highest BCUT2D eigenvalue weighted by Gasteiger charge is 2.40. The smallest absolute Gasteiger partial charge is 0.251 e. The Morgan fingerprint density at radius 1 is 1.20 bits per heavy atom. The quantitative estimate of drug-likeness (QED) is 0.882. The molecule has 2 heterocycles. The van der Waals surface area contributed by atoms with Gasteiger partial charge >= 0.3 is 0 Å². The topological polar surface area (TPSA) is 69.7 Å². The summed E-state index contributed by atoms with van der Waals surface area (Å²) in [5, 5.41) is 2.84. The molecule has 3 amide bonds. The molecular weight excluding hydrogens is 318 g/mol. The molecule has 1 atom stereocenters. The first-order valence-electron chi connectivity index (χ1n) is 9.05. The zero-order chi connectivity index (χ0) is 17.8. The molecule has 1 aromatic rings. The molecule has 0 bridgehead atoms. The summed E-state index contributed by atoms with van der Waals surface area (Å²) < 4.78 is 0. The highest BCUT2D eigenvalue weighted by Crippen LogP contribution is 2.24. The standard InChI is InChI=1S/C19H25N3O3/c1-2-10-20-18(24)15-8-6-14(7-9-15)12-21-13-17(23)22-11-4-3-5-16(22)19(21)25/h6-9,16H,2-5,10-13H2,1H3,(H,20,24). The van der Waals surface area contributed by atoms with E-state index in [1.54, 1.807) is 21.9 Å². The van der Waals surface area contributed by atoms with Crippen molar-refractivity contribution in [2.24, 2.45) is 0 Å². The Hall–Kier alpha value is -2.37. The fourth-order valence-corrected chi connectivity index (χ4v) is 3.49. The third-order valence-electron chi connectivity index (χ3n) is 4.87. The van der Waals surface area contributed by atoms with Crippen molar-refractivity contribution in [3.05, 3.63) is 35.4 Å². The number of rotatable bonds is 5. The van der Waals surface area contributed by atoms with Gasteiger partial charge in [-0.1, -0.05) is 19.1 Å². The maximum Gasteiger partial charge on any atom is 0.251 e. The van der Waals surface area contributed by atoms with Crippen LogP contribution in [0.4, 0.5) is 0 Å². The summed E-state index contributed by atoms with van der Waals surface area (Å²) in [6, 6.07) is 6.96. The van der Waals surface area contributed by atoms with Crippen LogP contribution in [0.3, 0.4) is 0 Å². The van der Waals surface area contributed by atoms with Gasteiger partial charge in [0.1, 0.15) is 12.6 Å². The number of amides is 3. The van der Waals surface area contributed by atoms with Gasteiger partial charge in [0, 0.05) is 25.2 Å². The van der Waals surface area contributed by atoms with Crippen LogP contribution in [-0.2, 0) is 16.1 Å². The van der Waals surface area contributed by atoms with Gasteiger partial charge in [0.15, 0.2) is 0 Å². The van der Waals surface area contributed by atoms with Crippen molar-refractivity contribution >= 4 is 17.7 Å². The fourth-order valence-electron chi connectivity index (χ4n) is 3.49. The summed E-state index contributed by atoms with van der Waals surface area (Å²) in [4.78, 5) is 40.3. The van der Waals surface area contributed by atoms with Crippen LogP contribution in [0.25, 0.3) is 0 Å². The number of piperidine rings is 1. The lowest BCUT2D eigenvalue weighted by atomic mass is 9.98. The van der Waals surface area contributed by atoms with E-state index in [1.807, 2.05) is 19.1 Å². The van der Waals surface area contributed by atoms with Crippen molar-refractivity contribution < 1.29 is 14.4 Å². The highest BCUT2D eigenvalue weighted by molar-refractivity contribution is 5.95. The number of fused-ring (bicyclic) bond motifs is 1. The van der Waals surface area contributed by atoms with Crippen LogP contribution < -0.4 is 5.32 Å². The molecule has 2 aliphatic rings. The lowest BCUT2D eigenvalue weighted by molar-refractivity contribution is -0.158. The van der Waals surface area contributed by atoms with E-state index in [0.29, 0.717) is 25.2 Å². The van der Waals surface area contributed by atoms with Crippen molar-refractivity contribution in [1.29, 1.82) is 0 Å². The molecule has 1 aromatic carbocycles. The van der Waals surface area contributed by atoms with Crippen molar-refractivity contribution in [1.82, 2.24) is 15.1 Å². The predicted molar refractivity (Wildman–Crippen MR) is 93.8 cm³/mol. The van der Waals surface area contributed by atoms with Gasteiger partial charge in [-0.3, -0.25) is 14.4 Å². The molecule has 25 heavy (non-hydrogen) atoms. The summed E-state index contributed by atoms with van der Waals surface area (Å²) in [5.74, 6) is -0.000553. The maximum absolute atomic E-state index is 12.7. The second-order valence-corrected chi connectivity index (χ2v) is 6.75. The van der Waals surface area contributed by atoms with Crippen LogP contribution in [0.2, 0.25) is 0 Å². The molecule has 1 unspecified atom stereocenters. The second kappa shape index (κ2) is 7.68. The first-order valence-corrected chi connectivity index (χ1v) is 9.05. The van der Waals surface area contributed by atoms with E-state index in [9.17, 15) is 14.4 Å². The average molecular weight is 343 g/mol. The Bertz CT molecular complexity index is 656. The summed E-state index contributed by atoms with van der Waals surface area (Å²) >= 11 is 0. The van der Waals surface area contributed by atoms with Crippen LogP contribution in [0.15, 0.2) is 24.3 Å². The van der Waals surface area contributed by atoms with Crippen LogP contribution >= 0.6 is 0 Å². The van der Waals surface area contributed by atoms with E-state index >= 15 is 0 Å². The summed E-state index contributed by atoms with van der Waals surface area (Å²) in [6.07, 6.45) is 3.64. The third kappa shape index (κ3) is 3.83. The number of benzene rings is 1. The SMILES string of the molecule is CCCNC(=O)c1ccc(CN2CC(=O)N3CCCCC3C2=O)cc1. The number of nitrogens with one attached hydrogen (secondary N) is 1. The minimum atomic E-state index is -0.283. The Balaban J connectivity index is 1.64. The molecule has 134 valence electrons. The summed E-state index contributed by atoms with van der Waals surface area (Å²) in [5.41, 5.74) is 1.54. The molecule has 2 fully saturated rings. The highest BCUT2D eigenvalue weighted by atomic mass is 16.2. The van der Waals surface area contributed by atoms with E-state index in [1.165, 1.54) is 0 Å². The summed E-state index contributed by atoms with van der Waals surface area (Å²) in [7, 11) is 0. The van der Waals surface area contributed by atoms with E-state index in [2.05, 4.69) is 5.32 Å². The predicted octanol–water partition coefficient (Wildman–Crippen LogP) is 1.55. The van der Waals surface area contributed by atoms with Crippen molar-refractivity contribution in [3.63, 3.8) is 0 Å². The molecule has 6 nitrogen and oxygen atoms in total. The Morgan fingerprint density at radius 3 is 2.68 bits per heavy atom. The van der Waals surface area contributed by atoms with Gasteiger partial charge in [0.25, 0.3) is 5.91 Å². The Morgan fingerprint density at radius 2 is 1.96 bits per heavy atom. The number of nitrogens with zero attached hydrogens (tertiary/aromatic N) is 2. The van der Waals surface area contributed by atoms with Gasteiger partial charge in [0.2, 0.25) is 11.8 Å². The van der Waals surface area contributed by atoms with E-state index in [0.717, 1.165) is 31.2 Å². The van der Waals surface area contributed by atoms with Gasteiger partial charge in [-0.25, -0.2) is 0 Å². The molecule has 2 saturated heterocycles. The van der Waals surface area contributed by atoms with Gasteiger partial charge < -0.3 is 15.1 Å². The third-order valence-corrected chi connectivity index (χ3v) is 4.87. The Labute approximate surface area is 148 Å². The van der Waals surface area contributed by atoms with Gasteiger partial charge in [-0.05, 0) is 43.4 Å². The minimum absolute atomic E-state index is 0.0415. The summed E-state index contributed by atoms with van der Waals surface area (Å²) in [6.45, 7) is 3.92. The number of hydrogen-bond donors (Lipinski definition) is 1.